The van der Waals surface area contributed by atoms with E-state index in [0.717, 1.165) is 19.3 Å². The van der Waals surface area contributed by atoms with Crippen molar-refractivity contribution >= 4 is 20.5 Å². The van der Waals surface area contributed by atoms with Gasteiger partial charge in [-0.15, -0.1) is 0 Å². The van der Waals surface area contributed by atoms with Crippen LogP contribution in [0.1, 0.15) is 47.0 Å². The maximum Gasteiger partial charge on any atom is 0.464 e. The van der Waals surface area contributed by atoms with Crippen molar-refractivity contribution in [1.82, 2.24) is 0 Å². The van der Waals surface area contributed by atoms with Crippen molar-refractivity contribution in [2.45, 2.75) is 71.3 Å². The Morgan fingerprint density at radius 2 is 1.81 bits per heavy atom. The Hall–Kier alpha value is -0.883. The molecule has 120 valence electrons. The first kappa shape index (κ1) is 16.5. The lowest BCUT2D eigenvalue weighted by Gasteiger charge is -2.33. The first-order valence-electron chi connectivity index (χ1n) is 7.90. The fraction of sp³-hybridized carbons (Fsp3) is 0.867. The summed E-state index contributed by atoms with van der Waals surface area (Å²) < 4.78 is 16.6. The van der Waals surface area contributed by atoms with Crippen molar-refractivity contribution in [2.24, 2.45) is 11.8 Å². The Labute approximate surface area is 127 Å². The number of ether oxygens (including phenoxy) is 1. The molecule has 4 unspecified atom stereocenters. The average molecular weight is 314 g/mol. The molecule has 2 rings (SSSR count). The van der Waals surface area contributed by atoms with Crippen LogP contribution in [0.4, 0.5) is 0 Å². The highest BCUT2D eigenvalue weighted by atomic mass is 28.4. The van der Waals surface area contributed by atoms with E-state index in [4.69, 9.17) is 13.6 Å². The Kier molecular flexibility index (Phi) is 5.09. The van der Waals surface area contributed by atoms with Gasteiger partial charge in [0.1, 0.15) is 0 Å². The van der Waals surface area contributed by atoms with Crippen LogP contribution in [0, 0.1) is 11.8 Å². The van der Waals surface area contributed by atoms with Gasteiger partial charge in [-0.2, -0.15) is 0 Å². The summed E-state index contributed by atoms with van der Waals surface area (Å²) >= 11 is 0. The maximum atomic E-state index is 11.4. The number of hydrogen-bond acceptors (Lipinski definition) is 5. The third-order valence-electron chi connectivity index (χ3n) is 4.68. The van der Waals surface area contributed by atoms with E-state index in [1.165, 1.54) is 13.8 Å². The minimum Gasteiger partial charge on any atom is -0.485 e. The molecule has 5 nitrogen and oxygen atoms in total. The number of epoxide rings is 1. The van der Waals surface area contributed by atoms with Crippen molar-refractivity contribution in [2.75, 3.05) is 0 Å². The largest absolute Gasteiger partial charge is 0.485 e. The smallest absolute Gasteiger partial charge is 0.464 e. The molecule has 1 heterocycles. The van der Waals surface area contributed by atoms with Gasteiger partial charge in [-0.25, -0.2) is 0 Å². The summed E-state index contributed by atoms with van der Waals surface area (Å²) in [6, 6.07) is 1.29. The van der Waals surface area contributed by atoms with Crippen LogP contribution in [0.25, 0.3) is 0 Å². The van der Waals surface area contributed by atoms with E-state index >= 15 is 0 Å². The normalized spacial score (nSPS) is 29.2. The fourth-order valence-corrected chi connectivity index (χ4v) is 6.67. The van der Waals surface area contributed by atoms with Crippen LogP contribution >= 0.6 is 0 Å². The molecule has 2 aliphatic rings. The minimum atomic E-state index is -2.79. The molecule has 1 aliphatic carbocycles. The zero-order valence-corrected chi connectivity index (χ0v) is 14.4. The molecule has 0 bridgehead atoms. The van der Waals surface area contributed by atoms with Crippen molar-refractivity contribution in [3.05, 3.63) is 0 Å². The molecule has 0 aromatic rings. The molecule has 4 atom stereocenters. The van der Waals surface area contributed by atoms with Crippen LogP contribution in [0.15, 0.2) is 0 Å². The zero-order chi connectivity index (χ0) is 15.6. The van der Waals surface area contributed by atoms with Gasteiger partial charge in [0.25, 0.3) is 11.9 Å². The van der Waals surface area contributed by atoms with Crippen molar-refractivity contribution in [3.63, 3.8) is 0 Å². The van der Waals surface area contributed by atoms with Gasteiger partial charge in [-0.3, -0.25) is 9.59 Å². The second-order valence-electron chi connectivity index (χ2n) is 6.42. The van der Waals surface area contributed by atoms with E-state index in [-0.39, 0.29) is 11.9 Å². The molecule has 21 heavy (non-hydrogen) atoms. The number of carbonyl (C=O) groups is 2. The molecule has 0 aromatic heterocycles. The highest BCUT2D eigenvalue weighted by molar-refractivity contribution is 6.70. The maximum absolute atomic E-state index is 11.4. The topological polar surface area (TPSA) is 65.1 Å². The van der Waals surface area contributed by atoms with Crippen LogP contribution in [-0.2, 0) is 23.2 Å². The summed E-state index contributed by atoms with van der Waals surface area (Å²) in [5.74, 6) is 0.233. The summed E-state index contributed by atoms with van der Waals surface area (Å²) in [7, 11) is -2.79. The summed E-state index contributed by atoms with van der Waals surface area (Å²) in [4.78, 5) is 22.8. The Morgan fingerprint density at radius 3 is 2.29 bits per heavy atom. The first-order valence-corrected chi connectivity index (χ1v) is 10.1. The van der Waals surface area contributed by atoms with Gasteiger partial charge in [0.15, 0.2) is 0 Å². The molecule has 1 saturated carbocycles. The van der Waals surface area contributed by atoms with E-state index < -0.39 is 8.56 Å². The summed E-state index contributed by atoms with van der Waals surface area (Å²) in [5, 5.41) is 0. The fourth-order valence-electron chi connectivity index (χ4n) is 3.53. The molecule has 0 amide bonds. The lowest BCUT2D eigenvalue weighted by atomic mass is 9.82. The molecule has 0 N–H and O–H groups in total. The van der Waals surface area contributed by atoms with Crippen LogP contribution < -0.4 is 0 Å². The number of fused-ring (bicyclic) bond motifs is 1. The van der Waals surface area contributed by atoms with Crippen LogP contribution in [0.5, 0.6) is 0 Å². The predicted molar refractivity (Wildman–Crippen MR) is 79.7 cm³/mol. The number of carbonyl (C=O) groups excluding carboxylic acids is 2. The van der Waals surface area contributed by atoms with Crippen molar-refractivity contribution in [1.29, 1.82) is 0 Å². The van der Waals surface area contributed by atoms with Gasteiger partial charge in [-0.05, 0) is 31.1 Å². The highest BCUT2D eigenvalue weighted by Gasteiger charge is 2.49. The zero-order valence-electron chi connectivity index (χ0n) is 13.4. The molecule has 1 saturated heterocycles. The van der Waals surface area contributed by atoms with E-state index in [1.54, 1.807) is 0 Å². The lowest BCUT2D eigenvalue weighted by molar-refractivity contribution is -0.139. The third-order valence-corrected chi connectivity index (χ3v) is 8.34. The van der Waals surface area contributed by atoms with E-state index in [9.17, 15) is 9.59 Å². The van der Waals surface area contributed by atoms with Gasteiger partial charge in [0.05, 0.1) is 12.2 Å². The Balaban J connectivity index is 2.01. The quantitative estimate of drug-likeness (QED) is 0.557. The molecule has 6 heteroatoms. The molecular formula is C15H26O5Si. The van der Waals surface area contributed by atoms with Gasteiger partial charge in [-0.1, -0.05) is 13.8 Å². The van der Waals surface area contributed by atoms with E-state index in [2.05, 4.69) is 6.92 Å². The standard InChI is InChI=1S/C15H26O5Si/c1-5-21(19-11(3)16,20-12(4)17)9-10(2)13-6-7-14-15(8-13)18-14/h10,13-15H,5-9H2,1-4H3. The van der Waals surface area contributed by atoms with Crippen LogP contribution in [0.3, 0.4) is 0 Å². The Morgan fingerprint density at radius 1 is 1.19 bits per heavy atom. The monoisotopic (exact) mass is 314 g/mol. The van der Waals surface area contributed by atoms with E-state index in [0.29, 0.717) is 36.1 Å². The van der Waals surface area contributed by atoms with Crippen LogP contribution in [0.2, 0.25) is 12.1 Å². The molecule has 1 aliphatic heterocycles. The average Bonchev–Trinajstić information content (AvgIpc) is 3.14. The molecular weight excluding hydrogens is 288 g/mol. The van der Waals surface area contributed by atoms with Gasteiger partial charge in [0, 0.05) is 25.9 Å². The first-order chi connectivity index (χ1) is 9.85. The highest BCUT2D eigenvalue weighted by Crippen LogP contribution is 2.44. The second kappa shape index (κ2) is 6.48. The second-order valence-corrected chi connectivity index (χ2v) is 9.76. The molecule has 0 spiro atoms. The van der Waals surface area contributed by atoms with Gasteiger partial charge >= 0.3 is 8.56 Å². The lowest BCUT2D eigenvalue weighted by Crippen LogP contribution is -2.46. The predicted octanol–water partition coefficient (Wildman–Crippen LogP) is 2.78. The number of rotatable bonds is 6. The van der Waals surface area contributed by atoms with Crippen molar-refractivity contribution < 1.29 is 23.2 Å². The SMILES string of the molecule is CC[Si](CC(C)C1CCC2OC2C1)(OC(C)=O)OC(C)=O. The van der Waals surface area contributed by atoms with Gasteiger partial charge in [0.2, 0.25) is 0 Å². The molecule has 0 radical (unpaired) electrons. The van der Waals surface area contributed by atoms with E-state index in [1.807, 2.05) is 6.92 Å². The molecule has 0 aromatic carbocycles. The molecule has 2 fully saturated rings. The summed E-state index contributed by atoms with van der Waals surface area (Å²) in [6.07, 6.45) is 4.29. The van der Waals surface area contributed by atoms with Crippen molar-refractivity contribution in [3.8, 4) is 0 Å². The minimum absolute atomic E-state index is 0.355. The van der Waals surface area contributed by atoms with Crippen LogP contribution in [-0.4, -0.2) is 32.7 Å². The third kappa shape index (κ3) is 4.29. The van der Waals surface area contributed by atoms with Gasteiger partial charge < -0.3 is 13.6 Å². The Bertz CT molecular complexity index is 395. The number of hydrogen-bond donors (Lipinski definition) is 0. The summed E-state index contributed by atoms with van der Waals surface area (Å²) in [5.41, 5.74) is 0. The summed E-state index contributed by atoms with van der Waals surface area (Å²) in [6.45, 7) is 6.88.